The Morgan fingerprint density at radius 2 is 2.14 bits per heavy atom. The van der Waals surface area contributed by atoms with E-state index in [4.69, 9.17) is 0 Å². The molecule has 116 valence electrons. The molecule has 0 saturated heterocycles. The van der Waals surface area contributed by atoms with Crippen molar-refractivity contribution >= 4 is 5.91 Å². The van der Waals surface area contributed by atoms with Crippen LogP contribution >= 0.6 is 0 Å². The zero-order valence-corrected chi connectivity index (χ0v) is 12.9. The molecule has 0 atom stereocenters. The van der Waals surface area contributed by atoms with Crippen LogP contribution in [-0.2, 0) is 26.3 Å². The van der Waals surface area contributed by atoms with E-state index in [0.717, 1.165) is 43.5 Å². The molecule has 2 N–H and O–H groups in total. The van der Waals surface area contributed by atoms with Gasteiger partial charge in [0.25, 0.3) is 5.91 Å². The summed E-state index contributed by atoms with van der Waals surface area (Å²) in [5, 5.41) is 10.5. The zero-order chi connectivity index (χ0) is 15.4. The number of amides is 1. The first kappa shape index (κ1) is 14.8. The van der Waals surface area contributed by atoms with Gasteiger partial charge in [-0.25, -0.2) is 0 Å². The van der Waals surface area contributed by atoms with Crippen LogP contribution in [0.4, 0.5) is 0 Å². The summed E-state index contributed by atoms with van der Waals surface area (Å²) in [5.74, 6) is 0.00361. The van der Waals surface area contributed by atoms with Gasteiger partial charge in [-0.2, -0.15) is 5.10 Å². The number of nitrogens with one attached hydrogen (secondary N) is 2. The lowest BCUT2D eigenvalue weighted by Gasteiger charge is -2.09. The number of rotatable bonds is 4. The van der Waals surface area contributed by atoms with Gasteiger partial charge in [-0.05, 0) is 61.2 Å². The maximum atomic E-state index is 12.3. The van der Waals surface area contributed by atoms with Crippen LogP contribution in [-0.4, -0.2) is 35.3 Å². The Bertz CT molecular complexity index is 662. The third kappa shape index (κ3) is 3.54. The summed E-state index contributed by atoms with van der Waals surface area (Å²) in [7, 11) is 1.90. The normalized spacial score (nSPS) is 14.2. The summed E-state index contributed by atoms with van der Waals surface area (Å²) < 4.78 is 1.78. The van der Waals surface area contributed by atoms with Crippen LogP contribution in [0.5, 0.6) is 0 Å². The van der Waals surface area contributed by atoms with Gasteiger partial charge in [-0.3, -0.25) is 9.48 Å². The van der Waals surface area contributed by atoms with Crippen molar-refractivity contribution in [1.29, 1.82) is 0 Å². The first-order valence-corrected chi connectivity index (χ1v) is 7.80. The summed E-state index contributed by atoms with van der Waals surface area (Å²) in [6, 6.07) is 6.07. The molecule has 0 bridgehead atoms. The molecule has 0 radical (unpaired) electrons. The second-order valence-electron chi connectivity index (χ2n) is 5.76. The summed E-state index contributed by atoms with van der Waals surface area (Å²) >= 11 is 0. The van der Waals surface area contributed by atoms with Crippen molar-refractivity contribution in [3.8, 4) is 0 Å². The van der Waals surface area contributed by atoms with E-state index >= 15 is 0 Å². The van der Waals surface area contributed by atoms with Crippen LogP contribution in [0.2, 0.25) is 0 Å². The minimum atomic E-state index is 0.00361. The Balaban J connectivity index is 1.59. The molecule has 22 heavy (non-hydrogen) atoms. The molecule has 2 heterocycles. The fourth-order valence-corrected chi connectivity index (χ4v) is 2.84. The lowest BCUT2D eigenvalue weighted by Crippen LogP contribution is -2.25. The second-order valence-corrected chi connectivity index (χ2v) is 5.76. The van der Waals surface area contributed by atoms with Crippen molar-refractivity contribution in [2.24, 2.45) is 7.05 Å². The molecular weight excluding hydrogens is 276 g/mol. The standard InChI is InChI=1S/C17H22N4O/c1-21-12-13(11-20-21)4-9-19-17(22)16-3-2-14-5-7-18-8-6-15(14)10-16/h2-3,10-12,18H,4-9H2,1H3,(H,19,22). The maximum absolute atomic E-state index is 12.3. The molecule has 1 amide bonds. The summed E-state index contributed by atoms with van der Waals surface area (Å²) in [4.78, 5) is 12.3. The van der Waals surface area contributed by atoms with Gasteiger partial charge in [0.15, 0.2) is 0 Å². The predicted octanol–water partition coefficient (Wildman–Crippen LogP) is 1.08. The van der Waals surface area contributed by atoms with E-state index in [9.17, 15) is 4.79 Å². The Labute approximate surface area is 130 Å². The molecule has 0 fully saturated rings. The fraction of sp³-hybridized carbons (Fsp3) is 0.412. The van der Waals surface area contributed by atoms with Gasteiger partial charge in [-0.1, -0.05) is 6.07 Å². The maximum Gasteiger partial charge on any atom is 0.251 e. The smallest absolute Gasteiger partial charge is 0.251 e. The van der Waals surface area contributed by atoms with Crippen molar-refractivity contribution in [1.82, 2.24) is 20.4 Å². The fourth-order valence-electron chi connectivity index (χ4n) is 2.84. The Morgan fingerprint density at radius 1 is 1.32 bits per heavy atom. The van der Waals surface area contributed by atoms with Crippen molar-refractivity contribution in [3.63, 3.8) is 0 Å². The number of aromatic nitrogens is 2. The zero-order valence-electron chi connectivity index (χ0n) is 12.9. The van der Waals surface area contributed by atoms with E-state index in [-0.39, 0.29) is 5.91 Å². The molecule has 1 aromatic heterocycles. The van der Waals surface area contributed by atoms with Gasteiger partial charge >= 0.3 is 0 Å². The van der Waals surface area contributed by atoms with Crippen molar-refractivity contribution in [2.75, 3.05) is 19.6 Å². The lowest BCUT2D eigenvalue weighted by atomic mass is 10.00. The van der Waals surface area contributed by atoms with Crippen LogP contribution in [0.3, 0.4) is 0 Å². The summed E-state index contributed by atoms with van der Waals surface area (Å²) in [6.45, 7) is 2.63. The van der Waals surface area contributed by atoms with Crippen molar-refractivity contribution < 1.29 is 4.79 Å². The molecule has 0 aliphatic carbocycles. The molecule has 2 aromatic rings. The van der Waals surface area contributed by atoms with Crippen LogP contribution in [0.25, 0.3) is 0 Å². The molecule has 0 spiro atoms. The van der Waals surface area contributed by atoms with Gasteiger partial charge in [0, 0.05) is 25.4 Å². The second kappa shape index (κ2) is 6.75. The van der Waals surface area contributed by atoms with E-state index < -0.39 is 0 Å². The van der Waals surface area contributed by atoms with Crippen LogP contribution in [0, 0.1) is 0 Å². The highest BCUT2D eigenvalue weighted by Crippen LogP contribution is 2.15. The molecule has 5 nitrogen and oxygen atoms in total. The first-order chi connectivity index (χ1) is 10.7. The first-order valence-electron chi connectivity index (χ1n) is 7.80. The average molecular weight is 298 g/mol. The monoisotopic (exact) mass is 298 g/mol. The van der Waals surface area contributed by atoms with Gasteiger partial charge in [-0.15, -0.1) is 0 Å². The summed E-state index contributed by atoms with van der Waals surface area (Å²) in [5.41, 5.74) is 4.55. The van der Waals surface area contributed by atoms with Gasteiger partial charge in [0.2, 0.25) is 0 Å². The molecular formula is C17H22N4O. The summed E-state index contributed by atoms with van der Waals surface area (Å²) in [6.07, 6.45) is 6.64. The van der Waals surface area contributed by atoms with Gasteiger partial charge < -0.3 is 10.6 Å². The Kier molecular flexibility index (Phi) is 4.53. The number of carbonyl (C=O) groups is 1. The number of carbonyl (C=O) groups excluding carboxylic acids is 1. The average Bonchev–Trinajstić information content (AvgIpc) is 2.80. The number of benzene rings is 1. The van der Waals surface area contributed by atoms with Crippen LogP contribution < -0.4 is 10.6 Å². The minimum absolute atomic E-state index is 0.00361. The molecule has 1 aliphatic rings. The largest absolute Gasteiger partial charge is 0.352 e. The van der Waals surface area contributed by atoms with E-state index in [2.05, 4.69) is 21.8 Å². The highest BCUT2D eigenvalue weighted by molar-refractivity contribution is 5.94. The molecule has 3 rings (SSSR count). The van der Waals surface area contributed by atoms with Crippen molar-refractivity contribution in [3.05, 3.63) is 52.8 Å². The van der Waals surface area contributed by atoms with Crippen molar-refractivity contribution in [2.45, 2.75) is 19.3 Å². The molecule has 1 aliphatic heterocycles. The van der Waals surface area contributed by atoms with E-state index in [1.54, 1.807) is 4.68 Å². The number of hydrogen-bond donors (Lipinski definition) is 2. The van der Waals surface area contributed by atoms with Crippen LogP contribution in [0.15, 0.2) is 30.6 Å². The SMILES string of the molecule is Cn1cc(CCNC(=O)c2ccc3c(c2)CCNCC3)cn1. The number of nitrogens with zero attached hydrogens (tertiary/aromatic N) is 2. The third-order valence-corrected chi connectivity index (χ3v) is 4.07. The Morgan fingerprint density at radius 3 is 2.91 bits per heavy atom. The van der Waals surface area contributed by atoms with E-state index in [1.165, 1.54) is 11.1 Å². The minimum Gasteiger partial charge on any atom is -0.352 e. The molecule has 5 heteroatoms. The van der Waals surface area contributed by atoms with Gasteiger partial charge in [0.05, 0.1) is 6.20 Å². The number of aryl methyl sites for hydroxylation is 1. The third-order valence-electron chi connectivity index (χ3n) is 4.07. The van der Waals surface area contributed by atoms with Gasteiger partial charge in [0.1, 0.15) is 0 Å². The predicted molar refractivity (Wildman–Crippen MR) is 86.0 cm³/mol. The quantitative estimate of drug-likeness (QED) is 0.888. The molecule has 0 unspecified atom stereocenters. The van der Waals surface area contributed by atoms with E-state index in [1.807, 2.05) is 31.6 Å². The topological polar surface area (TPSA) is 59.0 Å². The Hall–Kier alpha value is -2.14. The number of fused-ring (bicyclic) bond motifs is 1. The van der Waals surface area contributed by atoms with E-state index in [0.29, 0.717) is 6.54 Å². The van der Waals surface area contributed by atoms with Crippen LogP contribution in [0.1, 0.15) is 27.0 Å². The number of hydrogen-bond acceptors (Lipinski definition) is 3. The molecule has 0 saturated carbocycles. The molecule has 1 aromatic carbocycles. The lowest BCUT2D eigenvalue weighted by molar-refractivity contribution is 0.0954. The highest BCUT2D eigenvalue weighted by Gasteiger charge is 2.11. The highest BCUT2D eigenvalue weighted by atomic mass is 16.1.